The van der Waals surface area contributed by atoms with E-state index in [9.17, 15) is 4.79 Å². The van der Waals surface area contributed by atoms with E-state index in [0.717, 1.165) is 0 Å². The van der Waals surface area contributed by atoms with E-state index in [1.807, 2.05) is 20.8 Å². The number of nitrogens with zero attached hydrogens (tertiary/aromatic N) is 1. The molecule has 1 N–H and O–H groups in total. The largest absolute Gasteiger partial charge is 0.468 e. The molecular weight excluding hydrogens is 180 g/mol. The molecule has 14 heavy (non-hydrogen) atoms. The second kappa shape index (κ2) is 6.39. The zero-order chi connectivity index (χ0) is 11.1. The van der Waals surface area contributed by atoms with Gasteiger partial charge in [0.05, 0.1) is 19.1 Å². The lowest BCUT2D eigenvalue weighted by molar-refractivity contribution is -0.144. The van der Waals surface area contributed by atoms with Crippen LogP contribution in [0.3, 0.4) is 0 Å². The van der Waals surface area contributed by atoms with Crippen molar-refractivity contribution in [1.29, 1.82) is 5.26 Å². The third kappa shape index (κ3) is 4.24. The molecule has 0 aromatic rings. The SMILES string of the molecule is COC(=O)C(NCC(C)C#N)C(C)C. The fraction of sp³-hybridized carbons (Fsp3) is 0.800. The highest BCUT2D eigenvalue weighted by Gasteiger charge is 2.22. The molecule has 0 amide bonds. The number of nitrogens with one attached hydrogen (secondary N) is 1. The smallest absolute Gasteiger partial charge is 0.323 e. The Morgan fingerprint density at radius 1 is 1.50 bits per heavy atom. The van der Waals surface area contributed by atoms with E-state index < -0.39 is 0 Å². The maximum atomic E-state index is 11.3. The minimum Gasteiger partial charge on any atom is -0.468 e. The van der Waals surface area contributed by atoms with Crippen LogP contribution >= 0.6 is 0 Å². The normalized spacial score (nSPS) is 14.6. The molecule has 2 atom stereocenters. The molecule has 0 aliphatic rings. The van der Waals surface area contributed by atoms with Crippen LogP contribution in [0.25, 0.3) is 0 Å². The molecule has 0 fully saturated rings. The van der Waals surface area contributed by atoms with Crippen LogP contribution in [-0.2, 0) is 9.53 Å². The highest BCUT2D eigenvalue weighted by atomic mass is 16.5. The highest BCUT2D eigenvalue weighted by molar-refractivity contribution is 5.75. The van der Waals surface area contributed by atoms with Gasteiger partial charge in [0, 0.05) is 6.54 Å². The Bertz CT molecular complexity index is 221. The number of esters is 1. The van der Waals surface area contributed by atoms with Crippen molar-refractivity contribution >= 4 is 5.97 Å². The number of carbonyl (C=O) groups excluding carboxylic acids is 1. The lowest BCUT2D eigenvalue weighted by Gasteiger charge is -2.20. The van der Waals surface area contributed by atoms with Crippen LogP contribution in [0.5, 0.6) is 0 Å². The van der Waals surface area contributed by atoms with E-state index in [2.05, 4.69) is 16.1 Å². The lowest BCUT2D eigenvalue weighted by atomic mass is 10.0. The fourth-order valence-corrected chi connectivity index (χ4v) is 1.07. The Kier molecular flexibility index (Phi) is 5.89. The lowest BCUT2D eigenvalue weighted by Crippen LogP contribution is -2.43. The number of methoxy groups -OCH3 is 1. The third-order valence-electron chi connectivity index (χ3n) is 1.99. The zero-order valence-electron chi connectivity index (χ0n) is 9.20. The quantitative estimate of drug-likeness (QED) is 0.668. The van der Waals surface area contributed by atoms with Gasteiger partial charge in [0.25, 0.3) is 0 Å². The Hall–Kier alpha value is -1.08. The first-order chi connectivity index (χ1) is 6.52. The van der Waals surface area contributed by atoms with Crippen LogP contribution in [0.15, 0.2) is 0 Å². The Morgan fingerprint density at radius 2 is 2.07 bits per heavy atom. The molecule has 0 aromatic carbocycles. The predicted octanol–water partition coefficient (Wildman–Crippen LogP) is 0.933. The molecule has 2 unspecified atom stereocenters. The molecule has 0 radical (unpaired) electrons. The van der Waals surface area contributed by atoms with E-state index in [1.54, 1.807) is 0 Å². The standard InChI is InChI=1S/C10H18N2O2/c1-7(2)9(10(13)14-4)12-6-8(3)5-11/h7-9,12H,6H2,1-4H3. The molecule has 4 nitrogen and oxygen atoms in total. The van der Waals surface area contributed by atoms with Crippen molar-refractivity contribution < 1.29 is 9.53 Å². The number of hydrogen-bond acceptors (Lipinski definition) is 4. The van der Waals surface area contributed by atoms with Crippen molar-refractivity contribution in [3.63, 3.8) is 0 Å². The van der Waals surface area contributed by atoms with Gasteiger partial charge in [-0.2, -0.15) is 5.26 Å². The average molecular weight is 198 g/mol. The van der Waals surface area contributed by atoms with Crippen LogP contribution < -0.4 is 5.32 Å². The van der Waals surface area contributed by atoms with Crippen molar-refractivity contribution in [3.05, 3.63) is 0 Å². The summed E-state index contributed by atoms with van der Waals surface area (Å²) >= 11 is 0. The monoisotopic (exact) mass is 198 g/mol. The highest BCUT2D eigenvalue weighted by Crippen LogP contribution is 2.04. The maximum Gasteiger partial charge on any atom is 0.323 e. The summed E-state index contributed by atoms with van der Waals surface area (Å²) in [6.45, 7) is 6.19. The van der Waals surface area contributed by atoms with Crippen LogP contribution in [0.1, 0.15) is 20.8 Å². The Labute approximate surface area is 85.2 Å². The van der Waals surface area contributed by atoms with E-state index in [1.165, 1.54) is 7.11 Å². The van der Waals surface area contributed by atoms with Crippen molar-refractivity contribution in [3.8, 4) is 6.07 Å². The van der Waals surface area contributed by atoms with Gasteiger partial charge < -0.3 is 10.1 Å². The predicted molar refractivity (Wildman–Crippen MR) is 53.4 cm³/mol. The summed E-state index contributed by atoms with van der Waals surface area (Å²) in [5, 5.41) is 11.6. The van der Waals surface area contributed by atoms with Gasteiger partial charge >= 0.3 is 5.97 Å². The summed E-state index contributed by atoms with van der Waals surface area (Å²) in [7, 11) is 1.37. The molecule has 80 valence electrons. The molecule has 0 heterocycles. The van der Waals surface area contributed by atoms with Gasteiger partial charge in [-0.25, -0.2) is 0 Å². The van der Waals surface area contributed by atoms with E-state index in [4.69, 9.17) is 5.26 Å². The van der Waals surface area contributed by atoms with Crippen LogP contribution in [-0.4, -0.2) is 25.7 Å². The first kappa shape index (κ1) is 12.9. The van der Waals surface area contributed by atoms with Crippen LogP contribution in [0, 0.1) is 23.2 Å². The van der Waals surface area contributed by atoms with Crippen LogP contribution in [0.4, 0.5) is 0 Å². The summed E-state index contributed by atoms with van der Waals surface area (Å²) in [5.74, 6) is -0.209. The van der Waals surface area contributed by atoms with Gasteiger partial charge in [-0.05, 0) is 12.8 Å². The number of ether oxygens (including phenoxy) is 1. The third-order valence-corrected chi connectivity index (χ3v) is 1.99. The molecule has 4 heteroatoms. The van der Waals surface area contributed by atoms with E-state index in [-0.39, 0.29) is 23.8 Å². The van der Waals surface area contributed by atoms with E-state index in [0.29, 0.717) is 6.54 Å². The molecule has 0 aliphatic heterocycles. The van der Waals surface area contributed by atoms with Gasteiger partial charge in [0.1, 0.15) is 6.04 Å². The molecule has 0 aliphatic carbocycles. The molecule has 0 saturated heterocycles. The van der Waals surface area contributed by atoms with Crippen molar-refractivity contribution in [2.75, 3.05) is 13.7 Å². The molecular formula is C10H18N2O2. The number of rotatable bonds is 5. The summed E-state index contributed by atoms with van der Waals surface area (Å²) in [4.78, 5) is 11.3. The van der Waals surface area contributed by atoms with Gasteiger partial charge in [-0.15, -0.1) is 0 Å². The molecule has 0 spiro atoms. The van der Waals surface area contributed by atoms with E-state index >= 15 is 0 Å². The first-order valence-corrected chi connectivity index (χ1v) is 4.73. The van der Waals surface area contributed by atoms with Crippen molar-refractivity contribution in [2.45, 2.75) is 26.8 Å². The Balaban J connectivity index is 4.12. The van der Waals surface area contributed by atoms with Gasteiger partial charge in [-0.1, -0.05) is 13.8 Å². The fourth-order valence-electron chi connectivity index (χ4n) is 1.07. The van der Waals surface area contributed by atoms with Crippen molar-refractivity contribution in [1.82, 2.24) is 5.32 Å². The second-order valence-electron chi connectivity index (χ2n) is 3.68. The number of hydrogen-bond donors (Lipinski definition) is 1. The minimum absolute atomic E-state index is 0.0964. The van der Waals surface area contributed by atoms with Gasteiger partial charge in [0.2, 0.25) is 0 Å². The minimum atomic E-state index is -0.323. The topological polar surface area (TPSA) is 62.1 Å². The molecule has 0 saturated carbocycles. The average Bonchev–Trinajstić information content (AvgIpc) is 2.16. The summed E-state index contributed by atoms with van der Waals surface area (Å²) in [5.41, 5.74) is 0. The summed E-state index contributed by atoms with van der Waals surface area (Å²) in [6, 6.07) is 1.78. The van der Waals surface area contributed by atoms with Crippen molar-refractivity contribution in [2.24, 2.45) is 11.8 Å². The number of carbonyl (C=O) groups is 1. The second-order valence-corrected chi connectivity index (χ2v) is 3.68. The maximum absolute atomic E-state index is 11.3. The number of nitriles is 1. The molecule has 0 bridgehead atoms. The van der Waals surface area contributed by atoms with Crippen LogP contribution in [0.2, 0.25) is 0 Å². The van der Waals surface area contributed by atoms with Gasteiger partial charge in [0.15, 0.2) is 0 Å². The summed E-state index contributed by atoms with van der Waals surface area (Å²) in [6.07, 6.45) is 0. The molecule has 0 rings (SSSR count). The first-order valence-electron chi connectivity index (χ1n) is 4.73. The summed E-state index contributed by atoms with van der Waals surface area (Å²) < 4.78 is 4.66. The Morgan fingerprint density at radius 3 is 2.43 bits per heavy atom. The zero-order valence-corrected chi connectivity index (χ0v) is 9.20. The molecule has 0 aromatic heterocycles. The van der Waals surface area contributed by atoms with Gasteiger partial charge in [-0.3, -0.25) is 4.79 Å².